The zero-order valence-electron chi connectivity index (χ0n) is 14.7. The number of anilines is 1. The van der Waals surface area contributed by atoms with Crippen LogP contribution in [0.4, 0.5) is 5.69 Å². The van der Waals surface area contributed by atoms with Gasteiger partial charge in [-0.3, -0.25) is 0 Å². The SMILES string of the molecule is CCCN(C[C@@H]1COc2ccccc2O1)C(=S)Nc1ccccc1C. The zero-order chi connectivity index (χ0) is 17.6. The highest BCUT2D eigenvalue weighted by molar-refractivity contribution is 7.80. The summed E-state index contributed by atoms with van der Waals surface area (Å²) < 4.78 is 11.9. The number of hydrogen-bond donors (Lipinski definition) is 1. The average Bonchev–Trinajstić information content (AvgIpc) is 2.63. The minimum absolute atomic E-state index is 0.0435. The molecule has 1 N–H and O–H groups in total. The van der Waals surface area contributed by atoms with Crippen LogP contribution in [-0.2, 0) is 0 Å². The zero-order valence-corrected chi connectivity index (χ0v) is 15.5. The van der Waals surface area contributed by atoms with Gasteiger partial charge in [0.25, 0.3) is 0 Å². The summed E-state index contributed by atoms with van der Waals surface area (Å²) in [6, 6.07) is 15.9. The molecule has 3 rings (SSSR count). The molecule has 0 fully saturated rings. The lowest BCUT2D eigenvalue weighted by molar-refractivity contribution is 0.0746. The second kappa shape index (κ2) is 8.21. The summed E-state index contributed by atoms with van der Waals surface area (Å²) in [5, 5.41) is 4.09. The molecule has 0 spiro atoms. The number of para-hydroxylation sites is 3. The summed E-state index contributed by atoms with van der Waals surface area (Å²) >= 11 is 5.65. The van der Waals surface area contributed by atoms with Gasteiger partial charge < -0.3 is 19.7 Å². The van der Waals surface area contributed by atoms with E-state index < -0.39 is 0 Å². The number of fused-ring (bicyclic) bond motifs is 1. The van der Waals surface area contributed by atoms with Crippen LogP contribution >= 0.6 is 12.2 Å². The maximum Gasteiger partial charge on any atom is 0.173 e. The Kier molecular flexibility index (Phi) is 5.76. The van der Waals surface area contributed by atoms with E-state index in [1.165, 1.54) is 5.56 Å². The fourth-order valence-corrected chi connectivity index (χ4v) is 3.13. The standard InChI is InChI=1S/C20H24N2O2S/c1-3-12-22(20(25)21-17-9-5-4-8-15(17)2)13-16-14-23-18-10-6-7-11-19(18)24-16/h4-11,16H,3,12-14H2,1-2H3,(H,21,25)/t16-/m1/s1. The average molecular weight is 356 g/mol. The fraction of sp³-hybridized carbons (Fsp3) is 0.350. The Balaban J connectivity index is 1.65. The lowest BCUT2D eigenvalue weighted by Gasteiger charge is -2.32. The summed E-state index contributed by atoms with van der Waals surface area (Å²) in [5.74, 6) is 1.61. The molecule has 1 aliphatic heterocycles. The van der Waals surface area contributed by atoms with Gasteiger partial charge in [-0.1, -0.05) is 37.3 Å². The lowest BCUT2D eigenvalue weighted by Crippen LogP contribution is -2.45. The largest absolute Gasteiger partial charge is 0.486 e. The highest BCUT2D eigenvalue weighted by Crippen LogP contribution is 2.31. The summed E-state index contributed by atoms with van der Waals surface area (Å²) in [6.45, 7) is 6.32. The van der Waals surface area contributed by atoms with Crippen molar-refractivity contribution in [2.75, 3.05) is 25.0 Å². The van der Waals surface area contributed by atoms with E-state index in [-0.39, 0.29) is 6.10 Å². The van der Waals surface area contributed by atoms with Crippen molar-refractivity contribution < 1.29 is 9.47 Å². The molecule has 2 aromatic rings. The molecule has 0 aromatic heterocycles. The lowest BCUT2D eigenvalue weighted by atomic mass is 10.2. The van der Waals surface area contributed by atoms with Gasteiger partial charge in [0, 0.05) is 12.2 Å². The predicted molar refractivity (Wildman–Crippen MR) is 106 cm³/mol. The van der Waals surface area contributed by atoms with E-state index in [4.69, 9.17) is 21.7 Å². The maximum atomic E-state index is 6.08. The third-order valence-corrected chi connectivity index (χ3v) is 4.52. The van der Waals surface area contributed by atoms with Crippen molar-refractivity contribution in [2.24, 2.45) is 0 Å². The number of hydrogen-bond acceptors (Lipinski definition) is 3. The molecule has 0 aliphatic carbocycles. The van der Waals surface area contributed by atoms with Crippen molar-refractivity contribution in [1.82, 2.24) is 4.90 Å². The molecule has 0 saturated carbocycles. The summed E-state index contributed by atoms with van der Waals surface area (Å²) in [6.07, 6.45) is 0.970. The number of thiocarbonyl (C=S) groups is 1. The van der Waals surface area contributed by atoms with Crippen LogP contribution < -0.4 is 14.8 Å². The molecule has 1 atom stereocenters. The second-order valence-corrected chi connectivity index (χ2v) is 6.58. The maximum absolute atomic E-state index is 6.08. The van der Waals surface area contributed by atoms with Gasteiger partial charge >= 0.3 is 0 Å². The molecule has 2 aromatic carbocycles. The summed E-state index contributed by atoms with van der Waals surface area (Å²) in [4.78, 5) is 2.16. The van der Waals surface area contributed by atoms with Crippen molar-refractivity contribution in [3.8, 4) is 11.5 Å². The Morgan fingerprint density at radius 3 is 2.64 bits per heavy atom. The van der Waals surface area contributed by atoms with E-state index >= 15 is 0 Å². The summed E-state index contributed by atoms with van der Waals surface area (Å²) in [5.41, 5.74) is 2.22. The first-order valence-electron chi connectivity index (χ1n) is 8.67. The second-order valence-electron chi connectivity index (χ2n) is 6.19. The normalized spacial score (nSPS) is 15.5. The molecular formula is C20H24N2O2S. The first kappa shape index (κ1) is 17.5. The van der Waals surface area contributed by atoms with Gasteiger partial charge in [-0.2, -0.15) is 0 Å². The van der Waals surface area contributed by atoms with Gasteiger partial charge in [0.1, 0.15) is 6.61 Å². The third-order valence-electron chi connectivity index (χ3n) is 4.16. The van der Waals surface area contributed by atoms with Gasteiger partial charge in [-0.25, -0.2) is 0 Å². The topological polar surface area (TPSA) is 33.7 Å². The molecule has 1 heterocycles. The van der Waals surface area contributed by atoms with Crippen molar-refractivity contribution in [3.05, 3.63) is 54.1 Å². The van der Waals surface area contributed by atoms with Crippen molar-refractivity contribution >= 4 is 23.0 Å². The highest BCUT2D eigenvalue weighted by atomic mass is 32.1. The van der Waals surface area contributed by atoms with E-state index in [2.05, 4.69) is 30.1 Å². The number of ether oxygens (including phenoxy) is 2. The minimum atomic E-state index is -0.0435. The quantitative estimate of drug-likeness (QED) is 0.810. The molecule has 0 unspecified atom stereocenters. The Bertz CT molecular complexity index is 735. The molecule has 5 heteroatoms. The molecule has 1 aliphatic rings. The monoisotopic (exact) mass is 356 g/mol. The van der Waals surface area contributed by atoms with E-state index in [1.54, 1.807) is 0 Å². The third kappa shape index (κ3) is 4.42. The first-order valence-corrected chi connectivity index (χ1v) is 9.08. The van der Waals surface area contributed by atoms with Gasteiger partial charge in [-0.05, 0) is 49.3 Å². The van der Waals surface area contributed by atoms with Crippen LogP contribution in [0.25, 0.3) is 0 Å². The number of aryl methyl sites for hydroxylation is 1. The van der Waals surface area contributed by atoms with Crippen molar-refractivity contribution in [1.29, 1.82) is 0 Å². The molecule has 4 nitrogen and oxygen atoms in total. The van der Waals surface area contributed by atoms with E-state index in [1.807, 2.05) is 42.5 Å². The van der Waals surface area contributed by atoms with Crippen LogP contribution in [0, 0.1) is 6.92 Å². The number of nitrogens with one attached hydrogen (secondary N) is 1. The van der Waals surface area contributed by atoms with Crippen molar-refractivity contribution in [3.63, 3.8) is 0 Å². The number of benzene rings is 2. The molecule has 0 saturated heterocycles. The first-order chi connectivity index (χ1) is 12.2. The number of nitrogens with zero attached hydrogens (tertiary/aromatic N) is 1. The van der Waals surface area contributed by atoms with Crippen LogP contribution in [0.3, 0.4) is 0 Å². The Morgan fingerprint density at radius 2 is 1.88 bits per heavy atom. The van der Waals surface area contributed by atoms with Crippen LogP contribution in [-0.4, -0.2) is 35.8 Å². The predicted octanol–water partition coefficient (Wildman–Crippen LogP) is 4.24. The van der Waals surface area contributed by atoms with Crippen LogP contribution in [0.1, 0.15) is 18.9 Å². The fourth-order valence-electron chi connectivity index (χ4n) is 2.85. The Labute approximate surface area is 154 Å². The minimum Gasteiger partial charge on any atom is -0.486 e. The number of rotatable bonds is 5. The van der Waals surface area contributed by atoms with Gasteiger partial charge in [-0.15, -0.1) is 0 Å². The van der Waals surface area contributed by atoms with E-state index in [0.29, 0.717) is 13.2 Å². The van der Waals surface area contributed by atoms with E-state index in [0.717, 1.165) is 35.3 Å². The van der Waals surface area contributed by atoms with Gasteiger partial charge in [0.15, 0.2) is 22.7 Å². The molecule has 132 valence electrons. The van der Waals surface area contributed by atoms with Crippen LogP contribution in [0.2, 0.25) is 0 Å². The highest BCUT2D eigenvalue weighted by Gasteiger charge is 2.24. The smallest absolute Gasteiger partial charge is 0.173 e. The molecule has 0 radical (unpaired) electrons. The van der Waals surface area contributed by atoms with Gasteiger partial charge in [0.2, 0.25) is 0 Å². The van der Waals surface area contributed by atoms with Gasteiger partial charge in [0.05, 0.1) is 6.54 Å². The molecule has 0 amide bonds. The van der Waals surface area contributed by atoms with Crippen LogP contribution in [0.15, 0.2) is 48.5 Å². The molecule has 25 heavy (non-hydrogen) atoms. The van der Waals surface area contributed by atoms with Crippen molar-refractivity contribution in [2.45, 2.75) is 26.4 Å². The Morgan fingerprint density at radius 1 is 1.16 bits per heavy atom. The van der Waals surface area contributed by atoms with Crippen LogP contribution in [0.5, 0.6) is 11.5 Å². The molecule has 0 bridgehead atoms. The summed E-state index contributed by atoms with van der Waals surface area (Å²) in [7, 11) is 0. The van der Waals surface area contributed by atoms with E-state index in [9.17, 15) is 0 Å². The Hall–Kier alpha value is -2.27. The molecular weight excluding hydrogens is 332 g/mol.